The molecule has 5 nitrogen and oxygen atoms in total. The summed E-state index contributed by atoms with van der Waals surface area (Å²) < 4.78 is 38.5. The van der Waals surface area contributed by atoms with Crippen LogP contribution in [0.3, 0.4) is 0 Å². The van der Waals surface area contributed by atoms with E-state index in [4.69, 9.17) is 0 Å². The maximum atomic E-state index is 12.8. The third kappa shape index (κ3) is 6.72. The standard InChI is InChI=1S/C23H24F3N3O2.C4H10/c1-4-18(27-5-2)17-12-15(22(3)20(30)13-28-21(22)31)8-11-19(17)29-16-9-6-14(7-10-16)23(24,25)26;1-4(2)3/h4-12,20,29-30H,13H2,1-3H3,(H,28,31);4H,1-3H3/b18-4-,27-5?;. The van der Waals surface area contributed by atoms with Gasteiger partial charge in [0.15, 0.2) is 0 Å². The predicted octanol–water partition coefficient (Wildman–Crippen LogP) is 6.31. The molecule has 2 atom stereocenters. The molecule has 1 amide bonds. The van der Waals surface area contributed by atoms with Crippen LogP contribution in [0.2, 0.25) is 0 Å². The van der Waals surface area contributed by atoms with E-state index < -0.39 is 23.3 Å². The third-order valence-electron chi connectivity index (χ3n) is 5.52. The molecule has 0 radical (unpaired) electrons. The van der Waals surface area contributed by atoms with Crippen LogP contribution in [-0.4, -0.2) is 29.9 Å². The number of hydrogen-bond acceptors (Lipinski definition) is 4. The molecule has 35 heavy (non-hydrogen) atoms. The maximum Gasteiger partial charge on any atom is 0.416 e. The Morgan fingerprint density at radius 3 is 2.23 bits per heavy atom. The zero-order valence-corrected chi connectivity index (χ0v) is 21.0. The number of carbonyl (C=O) groups excluding carboxylic acids is 1. The first kappa shape index (κ1) is 28.1. The van der Waals surface area contributed by atoms with Crippen molar-refractivity contribution in [2.24, 2.45) is 10.9 Å². The Morgan fingerprint density at radius 2 is 1.77 bits per heavy atom. The Labute approximate surface area is 205 Å². The van der Waals surface area contributed by atoms with Crippen LogP contribution in [0.25, 0.3) is 5.70 Å². The maximum absolute atomic E-state index is 12.8. The van der Waals surface area contributed by atoms with Gasteiger partial charge < -0.3 is 15.7 Å². The van der Waals surface area contributed by atoms with E-state index in [9.17, 15) is 23.1 Å². The van der Waals surface area contributed by atoms with Crippen molar-refractivity contribution in [1.29, 1.82) is 0 Å². The lowest BCUT2D eigenvalue weighted by Gasteiger charge is -2.26. The number of nitrogens with one attached hydrogen (secondary N) is 2. The molecule has 2 unspecified atom stereocenters. The molecule has 2 aromatic carbocycles. The van der Waals surface area contributed by atoms with Crippen LogP contribution in [0.5, 0.6) is 0 Å². The number of aliphatic hydroxyl groups is 1. The Morgan fingerprint density at radius 1 is 1.17 bits per heavy atom. The lowest BCUT2D eigenvalue weighted by molar-refractivity contribution is -0.137. The number of anilines is 2. The van der Waals surface area contributed by atoms with E-state index in [1.807, 2.05) is 6.92 Å². The molecule has 3 rings (SSSR count). The van der Waals surface area contributed by atoms with Crippen LogP contribution < -0.4 is 10.6 Å². The van der Waals surface area contributed by atoms with E-state index in [1.165, 1.54) is 12.1 Å². The molecule has 1 aliphatic rings. The molecule has 0 saturated carbocycles. The lowest BCUT2D eigenvalue weighted by atomic mass is 9.78. The molecule has 190 valence electrons. The van der Waals surface area contributed by atoms with Crippen molar-refractivity contribution in [2.75, 3.05) is 11.9 Å². The molecular weight excluding hydrogens is 455 g/mol. The van der Waals surface area contributed by atoms with Crippen molar-refractivity contribution in [3.05, 3.63) is 65.2 Å². The summed E-state index contributed by atoms with van der Waals surface area (Å²) in [7, 11) is 0. The number of aliphatic imine (C=N–C) groups is 1. The number of hydrogen-bond donors (Lipinski definition) is 3. The fraction of sp³-hybridized carbons (Fsp3) is 0.407. The molecule has 1 heterocycles. The summed E-state index contributed by atoms with van der Waals surface area (Å²) in [5.41, 5.74) is 1.14. The number of rotatable bonds is 5. The Balaban J connectivity index is 0.00000100. The monoisotopic (exact) mass is 489 g/mol. The summed E-state index contributed by atoms with van der Waals surface area (Å²) >= 11 is 0. The molecule has 3 N–H and O–H groups in total. The molecule has 1 aliphatic heterocycles. The Hall–Kier alpha value is -3.13. The molecule has 8 heteroatoms. The number of aliphatic hydroxyl groups excluding tert-OH is 1. The molecule has 0 bridgehead atoms. The van der Waals surface area contributed by atoms with Gasteiger partial charge in [0.1, 0.15) is 0 Å². The van der Waals surface area contributed by atoms with Crippen LogP contribution in [-0.2, 0) is 16.4 Å². The highest BCUT2D eigenvalue weighted by Crippen LogP contribution is 2.37. The molecular formula is C27H34F3N3O2. The molecule has 1 saturated heterocycles. The second-order valence-electron chi connectivity index (χ2n) is 9.18. The van der Waals surface area contributed by atoms with Crippen molar-refractivity contribution in [1.82, 2.24) is 5.32 Å². The summed E-state index contributed by atoms with van der Waals surface area (Å²) in [5.74, 6) is 0.565. The summed E-state index contributed by atoms with van der Waals surface area (Å²) in [6.07, 6.45) is -1.87. The van der Waals surface area contributed by atoms with Gasteiger partial charge >= 0.3 is 6.18 Å². The minimum absolute atomic E-state index is 0.166. The van der Waals surface area contributed by atoms with E-state index in [-0.39, 0.29) is 12.5 Å². The van der Waals surface area contributed by atoms with E-state index >= 15 is 0 Å². The molecule has 0 spiro atoms. The number of halogens is 3. The average Bonchev–Trinajstić information content (AvgIpc) is 3.05. The van der Waals surface area contributed by atoms with Crippen molar-refractivity contribution < 1.29 is 23.1 Å². The summed E-state index contributed by atoms with van der Waals surface area (Å²) in [6.45, 7) is 11.9. The molecule has 2 aromatic rings. The zero-order chi connectivity index (χ0) is 26.4. The first-order valence-electron chi connectivity index (χ1n) is 11.5. The zero-order valence-electron chi connectivity index (χ0n) is 21.0. The van der Waals surface area contributed by atoms with Gasteiger partial charge in [-0.25, -0.2) is 0 Å². The van der Waals surface area contributed by atoms with Gasteiger partial charge in [0.25, 0.3) is 0 Å². The summed E-state index contributed by atoms with van der Waals surface area (Å²) in [5, 5.41) is 16.2. The van der Waals surface area contributed by atoms with Crippen molar-refractivity contribution in [3.63, 3.8) is 0 Å². The predicted molar refractivity (Wildman–Crippen MR) is 136 cm³/mol. The summed E-state index contributed by atoms with van der Waals surface area (Å²) in [6, 6.07) is 9.98. The van der Waals surface area contributed by atoms with Crippen molar-refractivity contribution in [2.45, 2.75) is 59.2 Å². The highest BCUT2D eigenvalue weighted by molar-refractivity contribution is 5.92. The quantitative estimate of drug-likeness (QED) is 0.431. The van der Waals surface area contributed by atoms with Crippen LogP contribution in [0.4, 0.5) is 24.5 Å². The number of alkyl halides is 3. The second-order valence-corrected chi connectivity index (χ2v) is 9.18. The Bertz CT molecular complexity index is 1070. The smallest absolute Gasteiger partial charge is 0.390 e. The SMILES string of the molecule is CC(C)C.CC=N/C(=C\C)c1cc(C2(C)C(=O)NCC2O)ccc1Nc1ccc(C(F)(F)F)cc1. The number of amides is 1. The molecule has 0 aliphatic carbocycles. The van der Waals surface area contributed by atoms with Crippen LogP contribution >= 0.6 is 0 Å². The van der Waals surface area contributed by atoms with Gasteiger partial charge in [-0.3, -0.25) is 9.79 Å². The van der Waals surface area contributed by atoms with E-state index in [2.05, 4.69) is 36.4 Å². The fourth-order valence-corrected chi connectivity index (χ4v) is 3.58. The van der Waals surface area contributed by atoms with Crippen LogP contribution in [0, 0.1) is 5.92 Å². The summed E-state index contributed by atoms with van der Waals surface area (Å²) in [4.78, 5) is 16.8. The first-order valence-corrected chi connectivity index (χ1v) is 11.5. The lowest BCUT2D eigenvalue weighted by Crippen LogP contribution is -2.39. The minimum Gasteiger partial charge on any atom is -0.390 e. The first-order chi connectivity index (χ1) is 16.3. The number of nitrogens with zero attached hydrogens (tertiary/aromatic N) is 1. The van der Waals surface area contributed by atoms with Gasteiger partial charge in [0.05, 0.1) is 22.8 Å². The van der Waals surface area contributed by atoms with E-state index in [0.29, 0.717) is 28.2 Å². The van der Waals surface area contributed by atoms with E-state index in [1.54, 1.807) is 44.3 Å². The van der Waals surface area contributed by atoms with Gasteiger partial charge in [-0.05, 0) is 68.7 Å². The normalized spacial score (nSPS) is 20.6. The van der Waals surface area contributed by atoms with Gasteiger partial charge in [0.2, 0.25) is 5.91 Å². The van der Waals surface area contributed by atoms with Crippen molar-refractivity contribution >= 4 is 29.2 Å². The molecule has 0 aromatic heterocycles. The number of benzene rings is 2. The Kier molecular flexibility index (Phi) is 9.26. The average molecular weight is 490 g/mol. The second kappa shape index (κ2) is 11.5. The van der Waals surface area contributed by atoms with Crippen LogP contribution in [0.15, 0.2) is 53.5 Å². The van der Waals surface area contributed by atoms with Gasteiger partial charge in [0, 0.05) is 29.7 Å². The van der Waals surface area contributed by atoms with E-state index in [0.717, 1.165) is 18.1 Å². The number of carbonyl (C=O) groups is 1. The van der Waals surface area contributed by atoms with Gasteiger partial charge in [-0.2, -0.15) is 13.2 Å². The fourth-order valence-electron chi connectivity index (χ4n) is 3.58. The number of allylic oxidation sites excluding steroid dienone is 1. The van der Waals surface area contributed by atoms with Gasteiger partial charge in [-0.15, -0.1) is 0 Å². The minimum atomic E-state index is -4.41. The van der Waals surface area contributed by atoms with Crippen molar-refractivity contribution in [3.8, 4) is 0 Å². The van der Waals surface area contributed by atoms with Gasteiger partial charge in [-0.1, -0.05) is 32.9 Å². The third-order valence-corrected chi connectivity index (χ3v) is 5.52. The molecule has 1 fully saturated rings. The highest BCUT2D eigenvalue weighted by atomic mass is 19.4. The van der Waals surface area contributed by atoms with Crippen LogP contribution in [0.1, 0.15) is 58.2 Å². The largest absolute Gasteiger partial charge is 0.416 e. The topological polar surface area (TPSA) is 73.7 Å². The highest BCUT2D eigenvalue weighted by Gasteiger charge is 2.47. The number of β-amino-alcohol motifs (C(OH)–C–C–N with tert-alkyl or cyclic N) is 1.